The van der Waals surface area contributed by atoms with Gasteiger partial charge in [-0.1, -0.05) is 54.6 Å². The summed E-state index contributed by atoms with van der Waals surface area (Å²) in [6.45, 7) is -0.343. The fourth-order valence-electron chi connectivity index (χ4n) is 3.73. The summed E-state index contributed by atoms with van der Waals surface area (Å²) < 4.78 is 55.4. The van der Waals surface area contributed by atoms with Crippen LogP contribution in [0.3, 0.4) is 0 Å². The highest BCUT2D eigenvalue weighted by atomic mass is 32.2. The monoisotopic (exact) mass is 478 g/mol. The molecule has 2 aromatic carbocycles. The van der Waals surface area contributed by atoms with Crippen LogP contribution in [0.25, 0.3) is 5.73 Å². The topological polar surface area (TPSA) is 107 Å². The van der Waals surface area contributed by atoms with E-state index in [0.717, 1.165) is 4.31 Å². The molecule has 0 spiro atoms. The van der Waals surface area contributed by atoms with Gasteiger partial charge in [0.2, 0.25) is 15.9 Å². The molecule has 1 amide bonds. The summed E-state index contributed by atoms with van der Waals surface area (Å²) in [6, 6.07) is 13.0. The molecular formula is C23H26F2N3O4S-. The van der Waals surface area contributed by atoms with Crippen LogP contribution in [-0.4, -0.2) is 55.5 Å². The second-order valence-corrected chi connectivity index (χ2v) is 10.0. The molecular weight excluding hydrogens is 452 g/mol. The Morgan fingerprint density at radius 2 is 1.73 bits per heavy atom. The lowest BCUT2D eigenvalue weighted by atomic mass is 10.00. The number of carbonyl (C=O) groups excluding carboxylic acids is 2. The Balaban J connectivity index is 1.59. The van der Waals surface area contributed by atoms with Crippen molar-refractivity contribution in [2.24, 2.45) is 0 Å². The van der Waals surface area contributed by atoms with Crippen molar-refractivity contribution in [3.05, 3.63) is 72.0 Å². The average molecular weight is 479 g/mol. The number of alkyl halides is 2. The predicted octanol–water partition coefficient (Wildman–Crippen LogP) is 3.21. The molecule has 0 aliphatic carbocycles. The molecule has 0 unspecified atom stereocenters. The maximum Gasteiger partial charge on any atom is 0.251 e. The largest absolute Gasteiger partial charge is 0.667 e. The van der Waals surface area contributed by atoms with E-state index in [0.29, 0.717) is 12.0 Å². The van der Waals surface area contributed by atoms with Crippen molar-refractivity contribution in [1.29, 1.82) is 0 Å². The second kappa shape index (κ2) is 10.5. The number of Topliss-reactive ketones (excluding diaryl/α,β-unsaturated/α-hetero) is 1. The number of amides is 1. The summed E-state index contributed by atoms with van der Waals surface area (Å²) in [5.74, 6) is -4.77. The minimum atomic E-state index is -3.88. The van der Waals surface area contributed by atoms with Crippen LogP contribution >= 0.6 is 0 Å². The van der Waals surface area contributed by atoms with E-state index < -0.39 is 59.1 Å². The van der Waals surface area contributed by atoms with Crippen LogP contribution in [0.15, 0.2) is 65.6 Å². The van der Waals surface area contributed by atoms with Crippen molar-refractivity contribution in [2.75, 3.05) is 13.1 Å². The Kier molecular flexibility index (Phi) is 7.93. The first kappa shape index (κ1) is 24.9. The zero-order chi connectivity index (χ0) is 24.1. The van der Waals surface area contributed by atoms with Crippen LogP contribution in [0, 0.1) is 0 Å². The smallest absolute Gasteiger partial charge is 0.251 e. The summed E-state index contributed by atoms with van der Waals surface area (Å²) in [4.78, 5) is 25.1. The molecule has 3 rings (SSSR count). The molecule has 1 aliphatic heterocycles. The highest BCUT2D eigenvalue weighted by molar-refractivity contribution is 7.89. The molecule has 1 aliphatic rings. The van der Waals surface area contributed by atoms with Crippen molar-refractivity contribution in [2.45, 2.75) is 48.6 Å². The van der Waals surface area contributed by atoms with Crippen LogP contribution < -0.4 is 5.32 Å². The molecule has 33 heavy (non-hydrogen) atoms. The Hall–Kier alpha value is -2.69. The van der Waals surface area contributed by atoms with Crippen LogP contribution in [-0.2, 0) is 26.0 Å². The summed E-state index contributed by atoms with van der Waals surface area (Å²) in [5.41, 5.74) is 8.28. The summed E-state index contributed by atoms with van der Waals surface area (Å²) in [6.07, 6.45) is -1.11. The number of halogens is 2. The zero-order valence-corrected chi connectivity index (χ0v) is 18.7. The Labute approximate surface area is 192 Å². The Morgan fingerprint density at radius 1 is 1.12 bits per heavy atom. The quantitative estimate of drug-likeness (QED) is 0.629. The Bertz CT molecular complexity index is 1070. The van der Waals surface area contributed by atoms with E-state index in [9.17, 15) is 26.8 Å². The van der Waals surface area contributed by atoms with E-state index in [4.69, 9.17) is 5.73 Å². The third-order valence-corrected chi connectivity index (χ3v) is 7.30. The lowest BCUT2D eigenvalue weighted by Crippen LogP contribution is -2.47. The Morgan fingerprint density at radius 3 is 2.36 bits per heavy atom. The van der Waals surface area contributed by atoms with Crippen LogP contribution in [0.5, 0.6) is 0 Å². The molecule has 10 heteroatoms. The van der Waals surface area contributed by atoms with Crippen molar-refractivity contribution in [3.8, 4) is 0 Å². The number of benzene rings is 2. The van der Waals surface area contributed by atoms with Crippen LogP contribution in [0.4, 0.5) is 8.78 Å². The van der Waals surface area contributed by atoms with Crippen molar-refractivity contribution in [1.82, 2.24) is 9.62 Å². The number of sulfonamides is 1. The van der Waals surface area contributed by atoms with E-state index >= 15 is 0 Å². The molecule has 0 bridgehead atoms. The maximum absolute atomic E-state index is 14.3. The molecule has 0 aromatic heterocycles. The van der Waals surface area contributed by atoms with Gasteiger partial charge < -0.3 is 11.1 Å². The summed E-state index contributed by atoms with van der Waals surface area (Å²) >= 11 is 0. The molecule has 1 heterocycles. The lowest BCUT2D eigenvalue weighted by molar-refractivity contribution is -0.129. The molecule has 0 radical (unpaired) electrons. The van der Waals surface area contributed by atoms with Gasteiger partial charge in [-0.25, -0.2) is 17.2 Å². The van der Waals surface area contributed by atoms with Crippen LogP contribution in [0.1, 0.15) is 24.8 Å². The number of carbonyl (C=O) groups is 2. The van der Waals surface area contributed by atoms with Crippen molar-refractivity contribution >= 4 is 21.7 Å². The molecule has 2 atom stereocenters. The van der Waals surface area contributed by atoms with Crippen LogP contribution in [0.2, 0.25) is 0 Å². The fraction of sp³-hybridized carbons (Fsp3) is 0.391. The van der Waals surface area contributed by atoms with Gasteiger partial charge in [0.15, 0.2) is 5.78 Å². The number of hydrogen-bond donors (Lipinski definition) is 1. The first-order chi connectivity index (χ1) is 15.6. The SMILES string of the molecule is [NH-][C@@H](CC(F)(F)Cc1ccccc1)C(=O)N[C@H]1CCCN(S(=O)(=O)c2ccccc2)CC1=O. The van der Waals surface area contributed by atoms with Gasteiger partial charge in [0, 0.05) is 19.4 Å². The van der Waals surface area contributed by atoms with Gasteiger partial charge in [0.25, 0.3) is 5.92 Å². The molecule has 2 N–H and O–H groups in total. The minimum Gasteiger partial charge on any atom is -0.667 e. The van der Waals surface area contributed by atoms with Gasteiger partial charge in [-0.2, -0.15) is 4.31 Å². The van der Waals surface area contributed by atoms with Gasteiger partial charge in [0.1, 0.15) is 0 Å². The third kappa shape index (κ3) is 6.66. The first-order valence-corrected chi connectivity index (χ1v) is 12.0. The van der Waals surface area contributed by atoms with Gasteiger partial charge in [-0.05, 0) is 30.5 Å². The summed E-state index contributed by atoms with van der Waals surface area (Å²) in [5, 5.41) is 2.38. The zero-order valence-electron chi connectivity index (χ0n) is 17.9. The number of hydrogen-bond acceptors (Lipinski definition) is 4. The van der Waals surface area contributed by atoms with E-state index in [2.05, 4.69) is 5.32 Å². The van der Waals surface area contributed by atoms with E-state index in [-0.39, 0.29) is 17.9 Å². The summed E-state index contributed by atoms with van der Waals surface area (Å²) in [7, 11) is -3.88. The van der Waals surface area contributed by atoms with E-state index in [1.54, 1.807) is 48.5 Å². The number of ketones is 1. The minimum absolute atomic E-state index is 0.0622. The predicted molar refractivity (Wildman–Crippen MR) is 119 cm³/mol. The molecule has 178 valence electrons. The standard InChI is InChI=1S/C23H26F2N3O4S/c24-23(25,14-17-8-3-1-4-9-17)15-19(26)22(30)27-20-12-7-13-28(16-21(20)29)33(31,32)18-10-5-2-6-11-18/h1-6,8-11,19-20,26H,7,12-16H2,(H,27,30)/q-1/t19-,20-/m0/s1. The average Bonchev–Trinajstić information content (AvgIpc) is 2.96. The number of rotatable bonds is 8. The number of nitrogens with one attached hydrogen (secondary N) is 2. The number of nitrogens with zero attached hydrogens (tertiary/aromatic N) is 1. The van der Waals surface area contributed by atoms with Crippen molar-refractivity contribution in [3.63, 3.8) is 0 Å². The normalized spacial score (nSPS) is 19.0. The second-order valence-electron chi connectivity index (χ2n) is 8.10. The van der Waals surface area contributed by atoms with Gasteiger partial charge >= 0.3 is 0 Å². The van der Waals surface area contributed by atoms with Gasteiger partial charge in [-0.3, -0.25) is 9.59 Å². The molecule has 2 aromatic rings. The molecule has 7 nitrogen and oxygen atoms in total. The molecule has 1 saturated heterocycles. The molecule has 0 saturated carbocycles. The van der Waals surface area contributed by atoms with Gasteiger partial charge in [-0.15, -0.1) is 0 Å². The van der Waals surface area contributed by atoms with E-state index in [1.165, 1.54) is 12.1 Å². The molecule has 1 fully saturated rings. The maximum atomic E-state index is 14.3. The highest BCUT2D eigenvalue weighted by Crippen LogP contribution is 2.27. The lowest BCUT2D eigenvalue weighted by Gasteiger charge is -2.27. The van der Waals surface area contributed by atoms with E-state index in [1.807, 2.05) is 0 Å². The fourth-order valence-corrected chi connectivity index (χ4v) is 5.19. The van der Waals surface area contributed by atoms with Crippen molar-refractivity contribution < 1.29 is 26.8 Å². The first-order valence-electron chi connectivity index (χ1n) is 10.6. The third-order valence-electron chi connectivity index (χ3n) is 5.44. The highest BCUT2D eigenvalue weighted by Gasteiger charge is 2.35. The van der Waals surface area contributed by atoms with Gasteiger partial charge in [0.05, 0.1) is 17.5 Å².